The van der Waals surface area contributed by atoms with Gasteiger partial charge in [-0.05, 0) is 31.2 Å². The SMILES string of the molecule is Cc1c(C(=O)Nc2cccnc2N)c(=O)n(-c2ccccc2)n1C. The van der Waals surface area contributed by atoms with Gasteiger partial charge in [0.15, 0.2) is 0 Å². The van der Waals surface area contributed by atoms with Crippen LogP contribution in [0.2, 0.25) is 0 Å². The first kappa shape index (κ1) is 15.5. The van der Waals surface area contributed by atoms with Gasteiger partial charge in [0, 0.05) is 13.2 Å². The summed E-state index contributed by atoms with van der Waals surface area (Å²) in [6.07, 6.45) is 1.53. The van der Waals surface area contributed by atoms with E-state index in [1.54, 1.807) is 30.8 Å². The number of rotatable bonds is 3. The summed E-state index contributed by atoms with van der Waals surface area (Å²) in [6.45, 7) is 1.72. The van der Waals surface area contributed by atoms with Crippen molar-refractivity contribution in [1.29, 1.82) is 0 Å². The molecule has 1 amide bonds. The number of nitrogens with two attached hydrogens (primary N) is 1. The molecule has 7 nitrogen and oxygen atoms in total. The third-order valence-electron chi connectivity index (χ3n) is 3.87. The molecule has 3 rings (SSSR count). The summed E-state index contributed by atoms with van der Waals surface area (Å²) in [4.78, 5) is 29.3. The minimum absolute atomic E-state index is 0.0737. The lowest BCUT2D eigenvalue weighted by Gasteiger charge is -2.07. The molecule has 7 heteroatoms. The van der Waals surface area contributed by atoms with Crippen LogP contribution in [0.4, 0.5) is 11.5 Å². The van der Waals surface area contributed by atoms with Crippen molar-refractivity contribution < 1.29 is 4.79 Å². The van der Waals surface area contributed by atoms with Crippen LogP contribution in [-0.2, 0) is 7.05 Å². The van der Waals surface area contributed by atoms with Crippen LogP contribution in [0.3, 0.4) is 0 Å². The second kappa shape index (κ2) is 6.04. The van der Waals surface area contributed by atoms with E-state index in [-0.39, 0.29) is 16.9 Å². The van der Waals surface area contributed by atoms with Gasteiger partial charge in [-0.25, -0.2) is 9.67 Å². The molecule has 0 radical (unpaired) electrons. The molecule has 1 aromatic carbocycles. The van der Waals surface area contributed by atoms with Gasteiger partial charge in [0.1, 0.15) is 11.4 Å². The van der Waals surface area contributed by atoms with Crippen molar-refractivity contribution in [1.82, 2.24) is 14.3 Å². The Morgan fingerprint density at radius 2 is 1.88 bits per heavy atom. The second-order valence-corrected chi connectivity index (χ2v) is 5.33. The molecule has 122 valence electrons. The molecule has 0 bridgehead atoms. The van der Waals surface area contributed by atoms with E-state index in [0.29, 0.717) is 17.1 Å². The Hall–Kier alpha value is -3.35. The lowest BCUT2D eigenvalue weighted by molar-refractivity contribution is 0.102. The Kier molecular flexibility index (Phi) is 3.91. The van der Waals surface area contributed by atoms with Crippen molar-refractivity contribution in [3.05, 3.63) is 70.3 Å². The number of benzene rings is 1. The summed E-state index contributed by atoms with van der Waals surface area (Å²) in [6, 6.07) is 12.4. The number of anilines is 2. The highest BCUT2D eigenvalue weighted by molar-refractivity contribution is 6.06. The van der Waals surface area contributed by atoms with E-state index in [1.807, 2.05) is 30.3 Å². The number of nitrogens with zero attached hydrogens (tertiary/aromatic N) is 3. The van der Waals surface area contributed by atoms with Gasteiger partial charge < -0.3 is 11.1 Å². The summed E-state index contributed by atoms with van der Waals surface area (Å²) in [5, 5.41) is 2.65. The number of hydrogen-bond acceptors (Lipinski definition) is 4. The fourth-order valence-corrected chi connectivity index (χ4v) is 2.54. The van der Waals surface area contributed by atoms with E-state index in [0.717, 1.165) is 0 Å². The van der Waals surface area contributed by atoms with Crippen molar-refractivity contribution in [2.45, 2.75) is 6.92 Å². The summed E-state index contributed by atoms with van der Waals surface area (Å²) in [5.41, 5.74) is 7.04. The molecule has 0 fully saturated rings. The van der Waals surface area contributed by atoms with Crippen molar-refractivity contribution in [2.24, 2.45) is 7.05 Å². The molecule has 0 aliphatic carbocycles. The van der Waals surface area contributed by atoms with Crippen LogP contribution in [0.1, 0.15) is 16.1 Å². The highest BCUT2D eigenvalue weighted by atomic mass is 16.2. The first-order valence-corrected chi connectivity index (χ1v) is 7.36. The lowest BCUT2D eigenvalue weighted by Crippen LogP contribution is -2.25. The average molecular weight is 323 g/mol. The number of hydrogen-bond donors (Lipinski definition) is 2. The van der Waals surface area contributed by atoms with Crippen molar-refractivity contribution in [3.8, 4) is 5.69 Å². The van der Waals surface area contributed by atoms with Crippen LogP contribution in [-0.4, -0.2) is 20.3 Å². The maximum Gasteiger partial charge on any atom is 0.284 e. The highest BCUT2D eigenvalue weighted by Crippen LogP contribution is 2.16. The van der Waals surface area contributed by atoms with E-state index in [4.69, 9.17) is 5.73 Å². The van der Waals surface area contributed by atoms with E-state index >= 15 is 0 Å². The predicted molar refractivity (Wildman–Crippen MR) is 92.3 cm³/mol. The molecule has 24 heavy (non-hydrogen) atoms. The fourth-order valence-electron chi connectivity index (χ4n) is 2.54. The second-order valence-electron chi connectivity index (χ2n) is 5.33. The zero-order valence-corrected chi connectivity index (χ0v) is 13.4. The molecule has 0 aliphatic rings. The van der Waals surface area contributed by atoms with Gasteiger partial charge in [0.2, 0.25) is 0 Å². The number of para-hydroxylation sites is 1. The van der Waals surface area contributed by atoms with Gasteiger partial charge >= 0.3 is 0 Å². The Balaban J connectivity index is 2.05. The Labute approximate surface area is 138 Å². The maximum absolute atomic E-state index is 12.8. The van der Waals surface area contributed by atoms with Crippen LogP contribution in [0, 0.1) is 6.92 Å². The predicted octanol–water partition coefficient (Wildman–Crippen LogP) is 1.71. The monoisotopic (exact) mass is 323 g/mol. The normalized spacial score (nSPS) is 10.6. The summed E-state index contributed by atoms with van der Waals surface area (Å²) in [5.74, 6) is -0.315. The quantitative estimate of drug-likeness (QED) is 0.767. The fraction of sp³-hybridized carbons (Fsp3) is 0.118. The molecule has 0 saturated heterocycles. The van der Waals surface area contributed by atoms with Gasteiger partial charge in [-0.15, -0.1) is 0 Å². The smallest absolute Gasteiger partial charge is 0.284 e. The molecule has 2 heterocycles. The molecule has 3 N–H and O–H groups in total. The number of pyridine rings is 1. The van der Waals surface area contributed by atoms with Crippen LogP contribution in [0.25, 0.3) is 5.69 Å². The van der Waals surface area contributed by atoms with E-state index in [9.17, 15) is 9.59 Å². The number of nitrogen functional groups attached to an aromatic ring is 1. The third-order valence-corrected chi connectivity index (χ3v) is 3.87. The summed E-state index contributed by atoms with van der Waals surface area (Å²) < 4.78 is 3.11. The van der Waals surface area contributed by atoms with Crippen molar-refractivity contribution in [3.63, 3.8) is 0 Å². The molecule has 3 aromatic rings. The van der Waals surface area contributed by atoms with Crippen LogP contribution < -0.4 is 16.6 Å². The zero-order chi connectivity index (χ0) is 17.3. The highest BCUT2D eigenvalue weighted by Gasteiger charge is 2.22. The maximum atomic E-state index is 12.8. The van der Waals surface area contributed by atoms with Crippen LogP contribution in [0.15, 0.2) is 53.5 Å². The van der Waals surface area contributed by atoms with E-state index in [2.05, 4.69) is 10.3 Å². The van der Waals surface area contributed by atoms with Crippen molar-refractivity contribution >= 4 is 17.4 Å². The van der Waals surface area contributed by atoms with E-state index in [1.165, 1.54) is 10.9 Å². The average Bonchev–Trinajstić information content (AvgIpc) is 2.80. The first-order chi connectivity index (χ1) is 11.5. The standard InChI is InChI=1S/C17H17N5O2/c1-11-14(16(23)20-13-9-6-10-19-15(13)18)17(24)22(21(11)2)12-7-4-3-5-8-12/h3-10H,1-2H3,(H2,18,19)(H,20,23). The molecular weight excluding hydrogens is 306 g/mol. The molecule has 0 unspecified atom stereocenters. The third kappa shape index (κ3) is 2.56. The number of carbonyl (C=O) groups is 1. The Bertz CT molecular complexity index is 957. The summed E-state index contributed by atoms with van der Waals surface area (Å²) >= 11 is 0. The lowest BCUT2D eigenvalue weighted by atomic mass is 10.2. The van der Waals surface area contributed by atoms with Gasteiger partial charge in [-0.3, -0.25) is 14.3 Å². The molecule has 0 saturated carbocycles. The first-order valence-electron chi connectivity index (χ1n) is 7.36. The molecule has 0 spiro atoms. The van der Waals surface area contributed by atoms with Gasteiger partial charge in [-0.1, -0.05) is 18.2 Å². The van der Waals surface area contributed by atoms with Gasteiger partial charge in [0.05, 0.1) is 17.1 Å². The number of carbonyl (C=O) groups excluding carboxylic acids is 1. The Morgan fingerprint density at radius 3 is 2.54 bits per heavy atom. The minimum Gasteiger partial charge on any atom is -0.382 e. The molecular formula is C17H17N5O2. The molecule has 0 aliphatic heterocycles. The molecule has 2 aromatic heterocycles. The van der Waals surface area contributed by atoms with Gasteiger partial charge in [0.25, 0.3) is 11.5 Å². The van der Waals surface area contributed by atoms with Gasteiger partial charge in [-0.2, -0.15) is 0 Å². The van der Waals surface area contributed by atoms with Crippen molar-refractivity contribution in [2.75, 3.05) is 11.1 Å². The van der Waals surface area contributed by atoms with Crippen LogP contribution >= 0.6 is 0 Å². The van der Waals surface area contributed by atoms with E-state index < -0.39 is 5.91 Å². The largest absolute Gasteiger partial charge is 0.382 e. The zero-order valence-electron chi connectivity index (χ0n) is 13.4. The Morgan fingerprint density at radius 1 is 1.17 bits per heavy atom. The number of aromatic nitrogens is 3. The minimum atomic E-state index is -0.512. The summed E-state index contributed by atoms with van der Waals surface area (Å²) in [7, 11) is 1.74. The number of nitrogens with one attached hydrogen (secondary N) is 1. The number of amides is 1. The van der Waals surface area contributed by atoms with Crippen LogP contribution in [0.5, 0.6) is 0 Å². The molecule has 0 atom stereocenters. The topological polar surface area (TPSA) is 94.9 Å².